The Morgan fingerprint density at radius 2 is 1.50 bits per heavy atom. The normalized spacial score (nSPS) is 10.5. The van der Waals surface area contributed by atoms with Crippen molar-refractivity contribution in [1.29, 1.82) is 0 Å². The van der Waals surface area contributed by atoms with Gasteiger partial charge in [0.15, 0.2) is 0 Å². The number of carbonyl (C=O) groups is 2. The van der Waals surface area contributed by atoms with Crippen LogP contribution in [0.5, 0.6) is 0 Å². The predicted molar refractivity (Wildman–Crippen MR) is 120 cm³/mol. The van der Waals surface area contributed by atoms with Crippen molar-refractivity contribution in [3.8, 4) is 0 Å². The Balaban J connectivity index is 1.66. The molecule has 0 saturated carbocycles. The van der Waals surface area contributed by atoms with Crippen LogP contribution in [-0.4, -0.2) is 47.2 Å². The van der Waals surface area contributed by atoms with Crippen LogP contribution < -0.4 is 0 Å². The molecule has 0 atom stereocenters. The number of aromatic nitrogens is 1. The second-order valence-corrected chi connectivity index (χ2v) is 8.10. The molecule has 0 bridgehead atoms. The highest BCUT2D eigenvalue weighted by molar-refractivity contribution is 7.99. The molecule has 3 rings (SSSR count). The third kappa shape index (κ3) is 5.48. The highest BCUT2D eigenvalue weighted by Gasteiger charge is 2.15. The van der Waals surface area contributed by atoms with Crippen molar-refractivity contribution >= 4 is 23.6 Å². The first-order valence-electron chi connectivity index (χ1n) is 9.76. The minimum atomic E-state index is -0.0337. The summed E-state index contributed by atoms with van der Waals surface area (Å²) in [4.78, 5) is 33.7. The molecule has 1 heterocycles. The van der Waals surface area contributed by atoms with E-state index in [2.05, 4.69) is 4.98 Å². The van der Waals surface area contributed by atoms with Crippen molar-refractivity contribution in [1.82, 2.24) is 14.8 Å². The maximum absolute atomic E-state index is 13.0. The van der Waals surface area contributed by atoms with Gasteiger partial charge in [0.05, 0.1) is 0 Å². The Morgan fingerprint density at radius 1 is 0.867 bits per heavy atom. The minimum Gasteiger partial charge on any atom is -0.345 e. The van der Waals surface area contributed by atoms with Crippen LogP contribution in [0.3, 0.4) is 0 Å². The van der Waals surface area contributed by atoms with Crippen LogP contribution in [0.15, 0.2) is 82.8 Å². The molecule has 154 valence electrons. The van der Waals surface area contributed by atoms with Crippen LogP contribution in [0.25, 0.3) is 0 Å². The smallest absolute Gasteiger partial charge is 0.254 e. The van der Waals surface area contributed by atoms with Crippen LogP contribution in [0.2, 0.25) is 0 Å². The van der Waals surface area contributed by atoms with Gasteiger partial charge in [0.2, 0.25) is 0 Å². The molecular formula is C24H25N3O2S. The van der Waals surface area contributed by atoms with Crippen LogP contribution >= 0.6 is 11.8 Å². The van der Waals surface area contributed by atoms with Crippen LogP contribution in [0.1, 0.15) is 33.2 Å². The molecule has 2 amide bonds. The van der Waals surface area contributed by atoms with Crippen molar-refractivity contribution < 1.29 is 9.59 Å². The molecule has 0 aliphatic heterocycles. The van der Waals surface area contributed by atoms with Crippen molar-refractivity contribution in [2.45, 2.75) is 23.4 Å². The number of pyridine rings is 1. The molecule has 0 radical (unpaired) electrons. The van der Waals surface area contributed by atoms with E-state index in [1.165, 1.54) is 0 Å². The van der Waals surface area contributed by atoms with Crippen molar-refractivity contribution in [3.63, 3.8) is 0 Å². The van der Waals surface area contributed by atoms with E-state index in [0.29, 0.717) is 24.2 Å². The van der Waals surface area contributed by atoms with Crippen LogP contribution in [-0.2, 0) is 6.54 Å². The van der Waals surface area contributed by atoms with Gasteiger partial charge >= 0.3 is 0 Å². The lowest BCUT2D eigenvalue weighted by molar-refractivity contribution is 0.0751. The molecule has 2 aromatic carbocycles. The van der Waals surface area contributed by atoms with Crippen molar-refractivity contribution in [2.75, 3.05) is 20.6 Å². The highest BCUT2D eigenvalue weighted by Crippen LogP contribution is 2.26. The van der Waals surface area contributed by atoms with Crippen molar-refractivity contribution in [2.24, 2.45) is 0 Å². The fourth-order valence-corrected chi connectivity index (χ4v) is 3.71. The van der Waals surface area contributed by atoms with Gasteiger partial charge in [0.1, 0.15) is 5.03 Å². The van der Waals surface area contributed by atoms with Gasteiger partial charge in [-0.05, 0) is 61.0 Å². The van der Waals surface area contributed by atoms with Gasteiger partial charge in [-0.3, -0.25) is 9.59 Å². The fourth-order valence-electron chi connectivity index (χ4n) is 2.93. The largest absolute Gasteiger partial charge is 0.345 e. The summed E-state index contributed by atoms with van der Waals surface area (Å²) < 4.78 is 0. The van der Waals surface area contributed by atoms with Crippen LogP contribution in [0, 0.1) is 0 Å². The monoisotopic (exact) mass is 419 g/mol. The summed E-state index contributed by atoms with van der Waals surface area (Å²) in [7, 11) is 3.46. The zero-order valence-electron chi connectivity index (χ0n) is 17.4. The van der Waals surface area contributed by atoms with Gasteiger partial charge in [-0.25, -0.2) is 4.98 Å². The van der Waals surface area contributed by atoms with Crippen molar-refractivity contribution in [3.05, 3.63) is 89.6 Å². The Bertz CT molecular complexity index is 987. The Morgan fingerprint density at radius 3 is 2.07 bits per heavy atom. The molecular weight excluding hydrogens is 394 g/mol. The predicted octanol–water partition coefficient (Wildman–Crippen LogP) is 4.60. The van der Waals surface area contributed by atoms with Crippen LogP contribution in [0.4, 0.5) is 0 Å². The molecule has 0 fully saturated rings. The number of rotatable bonds is 7. The molecule has 3 aromatic rings. The van der Waals surface area contributed by atoms with Gasteiger partial charge in [0.25, 0.3) is 11.8 Å². The molecule has 1 aromatic heterocycles. The van der Waals surface area contributed by atoms with E-state index < -0.39 is 0 Å². The Labute approximate surface area is 181 Å². The molecule has 30 heavy (non-hydrogen) atoms. The molecule has 0 aliphatic rings. The summed E-state index contributed by atoms with van der Waals surface area (Å²) >= 11 is 1.56. The van der Waals surface area contributed by atoms with E-state index in [0.717, 1.165) is 15.5 Å². The minimum absolute atomic E-state index is 0.0136. The molecule has 5 nitrogen and oxygen atoms in total. The molecule has 6 heteroatoms. The summed E-state index contributed by atoms with van der Waals surface area (Å²) in [6.07, 6.45) is 1.77. The Kier molecular flexibility index (Phi) is 7.25. The van der Waals surface area contributed by atoms with E-state index in [9.17, 15) is 9.59 Å². The summed E-state index contributed by atoms with van der Waals surface area (Å²) in [6.45, 7) is 3.06. The average molecular weight is 420 g/mol. The third-order valence-electron chi connectivity index (χ3n) is 4.61. The first kappa shape index (κ1) is 21.6. The number of carbonyl (C=O) groups excluding carboxylic acids is 2. The van der Waals surface area contributed by atoms with E-state index in [4.69, 9.17) is 0 Å². The van der Waals surface area contributed by atoms with E-state index in [-0.39, 0.29) is 11.8 Å². The zero-order chi connectivity index (χ0) is 21.5. The summed E-state index contributed by atoms with van der Waals surface area (Å²) in [5, 5.41) is 0.919. The lowest BCUT2D eigenvalue weighted by Crippen LogP contribution is -2.30. The maximum atomic E-state index is 13.0. The lowest BCUT2D eigenvalue weighted by Gasteiger charge is -2.21. The molecule has 0 aliphatic carbocycles. The number of nitrogens with zero attached hydrogens (tertiary/aromatic N) is 3. The summed E-state index contributed by atoms with van der Waals surface area (Å²) in [6, 6.07) is 20.8. The topological polar surface area (TPSA) is 53.5 Å². The first-order chi connectivity index (χ1) is 14.5. The quantitative estimate of drug-likeness (QED) is 0.562. The lowest BCUT2D eigenvalue weighted by atomic mass is 10.1. The molecule has 0 saturated heterocycles. The van der Waals surface area contributed by atoms with Gasteiger partial charge in [-0.15, -0.1) is 0 Å². The van der Waals surface area contributed by atoms with Gasteiger partial charge in [-0.1, -0.05) is 30.0 Å². The number of hydrogen-bond donors (Lipinski definition) is 0. The van der Waals surface area contributed by atoms with E-state index in [1.807, 2.05) is 61.5 Å². The van der Waals surface area contributed by atoms with Gasteiger partial charge in [-0.2, -0.15) is 0 Å². The number of hydrogen-bond acceptors (Lipinski definition) is 4. The second-order valence-electron chi connectivity index (χ2n) is 7.01. The SMILES string of the molecule is CCN(Cc1ccc(C(=O)N(C)C)cc1)C(=O)c1ccc(Sc2ccccn2)cc1. The Hall–Kier alpha value is -3.12. The average Bonchev–Trinajstić information content (AvgIpc) is 2.78. The molecule has 0 N–H and O–H groups in total. The molecule has 0 spiro atoms. The highest BCUT2D eigenvalue weighted by atomic mass is 32.2. The summed E-state index contributed by atoms with van der Waals surface area (Å²) in [5.74, 6) is -0.0473. The summed E-state index contributed by atoms with van der Waals surface area (Å²) in [5.41, 5.74) is 2.28. The maximum Gasteiger partial charge on any atom is 0.254 e. The van der Waals surface area contributed by atoms with E-state index in [1.54, 1.807) is 54.0 Å². The second kappa shape index (κ2) is 10.1. The number of amides is 2. The van der Waals surface area contributed by atoms with E-state index >= 15 is 0 Å². The standard InChI is InChI=1S/C24H25N3O2S/c1-4-27(17-18-8-10-19(11-9-18)23(28)26(2)3)24(29)20-12-14-21(15-13-20)30-22-7-5-6-16-25-22/h5-16H,4,17H2,1-3H3. The van der Waals surface area contributed by atoms with Gasteiger partial charge < -0.3 is 9.80 Å². The number of benzene rings is 2. The zero-order valence-corrected chi connectivity index (χ0v) is 18.2. The van der Waals surface area contributed by atoms with Gasteiger partial charge in [0, 0.05) is 49.4 Å². The molecule has 0 unspecified atom stereocenters. The fraction of sp³-hybridized carbons (Fsp3) is 0.208. The third-order valence-corrected chi connectivity index (χ3v) is 5.57. The first-order valence-corrected chi connectivity index (χ1v) is 10.6.